The summed E-state index contributed by atoms with van der Waals surface area (Å²) in [7, 11) is 1.91. The summed E-state index contributed by atoms with van der Waals surface area (Å²) in [6.45, 7) is 3.98. The summed E-state index contributed by atoms with van der Waals surface area (Å²) >= 11 is 7.38. The lowest BCUT2D eigenvalue weighted by molar-refractivity contribution is -0.119. The highest BCUT2D eigenvalue weighted by Crippen LogP contribution is 2.25. The number of benzene rings is 2. The number of hydrogen-bond donors (Lipinski definition) is 1. The summed E-state index contributed by atoms with van der Waals surface area (Å²) in [6.07, 6.45) is 0. The van der Waals surface area contributed by atoms with Crippen molar-refractivity contribution < 1.29 is 4.79 Å². The Kier molecular flexibility index (Phi) is 6.19. The lowest BCUT2D eigenvalue weighted by Crippen LogP contribution is -2.28. The monoisotopic (exact) mass is 400 g/mol. The molecule has 3 aromatic rings. The topological polar surface area (TPSA) is 59.8 Å². The van der Waals surface area contributed by atoms with Crippen LogP contribution in [0.2, 0.25) is 5.02 Å². The molecule has 0 spiro atoms. The van der Waals surface area contributed by atoms with Gasteiger partial charge in [0.2, 0.25) is 5.91 Å². The molecule has 0 saturated carbocycles. The number of amides is 1. The van der Waals surface area contributed by atoms with E-state index in [1.54, 1.807) is 0 Å². The van der Waals surface area contributed by atoms with Gasteiger partial charge in [-0.1, -0.05) is 59.8 Å². The molecule has 1 heterocycles. The SMILES string of the molecule is Cc1ccccc1-c1nnc(SCC(=O)N[C@@H](C)c2cccc(Cl)c2)n1C. The van der Waals surface area contributed by atoms with E-state index in [-0.39, 0.29) is 17.7 Å². The van der Waals surface area contributed by atoms with Crippen LogP contribution in [0.3, 0.4) is 0 Å². The molecule has 0 unspecified atom stereocenters. The molecule has 1 N–H and O–H groups in total. The van der Waals surface area contributed by atoms with E-state index in [1.807, 2.05) is 74.0 Å². The number of carbonyl (C=O) groups excluding carboxylic acids is 1. The maximum absolute atomic E-state index is 12.3. The third-order valence-corrected chi connectivity index (χ3v) is 5.53. The Balaban J connectivity index is 1.62. The number of aromatic nitrogens is 3. The molecule has 1 atom stereocenters. The van der Waals surface area contributed by atoms with Crippen molar-refractivity contribution in [2.75, 3.05) is 5.75 Å². The average molecular weight is 401 g/mol. The number of thioether (sulfide) groups is 1. The first-order valence-corrected chi connectivity index (χ1v) is 9.95. The van der Waals surface area contributed by atoms with Crippen LogP contribution in [0.25, 0.3) is 11.4 Å². The number of halogens is 1. The summed E-state index contributed by atoms with van der Waals surface area (Å²) in [5.74, 6) is 1.00. The molecular formula is C20H21ClN4OS. The summed E-state index contributed by atoms with van der Waals surface area (Å²) in [4.78, 5) is 12.3. The summed E-state index contributed by atoms with van der Waals surface area (Å²) in [6, 6.07) is 15.4. The van der Waals surface area contributed by atoms with Crippen LogP contribution in [0.5, 0.6) is 0 Å². The van der Waals surface area contributed by atoms with E-state index >= 15 is 0 Å². The number of carbonyl (C=O) groups is 1. The molecule has 3 rings (SSSR count). The number of aryl methyl sites for hydroxylation is 1. The summed E-state index contributed by atoms with van der Waals surface area (Å²) in [5.41, 5.74) is 3.15. The van der Waals surface area contributed by atoms with Crippen LogP contribution in [0.15, 0.2) is 53.7 Å². The molecule has 0 saturated heterocycles. The fraction of sp³-hybridized carbons (Fsp3) is 0.250. The third-order valence-electron chi connectivity index (χ3n) is 4.28. The first-order chi connectivity index (χ1) is 13.0. The first-order valence-electron chi connectivity index (χ1n) is 8.58. The van der Waals surface area contributed by atoms with Crippen molar-refractivity contribution in [2.45, 2.75) is 25.0 Å². The predicted molar refractivity (Wildman–Crippen MR) is 110 cm³/mol. The predicted octanol–water partition coefficient (Wildman–Crippen LogP) is 4.41. The van der Waals surface area contributed by atoms with Gasteiger partial charge in [-0.3, -0.25) is 4.79 Å². The van der Waals surface area contributed by atoms with Crippen molar-refractivity contribution in [1.82, 2.24) is 20.1 Å². The van der Waals surface area contributed by atoms with Crippen molar-refractivity contribution in [3.8, 4) is 11.4 Å². The molecule has 0 aliphatic carbocycles. The largest absolute Gasteiger partial charge is 0.349 e. The average Bonchev–Trinajstić information content (AvgIpc) is 3.01. The van der Waals surface area contributed by atoms with Crippen molar-refractivity contribution in [2.24, 2.45) is 7.05 Å². The minimum Gasteiger partial charge on any atom is -0.349 e. The fourth-order valence-electron chi connectivity index (χ4n) is 2.77. The Morgan fingerprint density at radius 3 is 2.74 bits per heavy atom. The summed E-state index contributed by atoms with van der Waals surface area (Å²) < 4.78 is 1.92. The first kappa shape index (κ1) is 19.5. The van der Waals surface area contributed by atoms with Crippen LogP contribution in [0.4, 0.5) is 0 Å². The van der Waals surface area contributed by atoms with Gasteiger partial charge < -0.3 is 9.88 Å². The molecule has 0 aliphatic heterocycles. The molecule has 0 radical (unpaired) electrons. The highest BCUT2D eigenvalue weighted by molar-refractivity contribution is 7.99. The van der Waals surface area contributed by atoms with Gasteiger partial charge in [-0.15, -0.1) is 10.2 Å². The number of hydrogen-bond acceptors (Lipinski definition) is 4. The second kappa shape index (κ2) is 8.59. The highest BCUT2D eigenvalue weighted by atomic mass is 35.5. The van der Waals surface area contributed by atoms with Crippen molar-refractivity contribution >= 4 is 29.3 Å². The van der Waals surface area contributed by atoms with E-state index in [0.717, 1.165) is 22.5 Å². The summed E-state index contributed by atoms with van der Waals surface area (Å²) in [5, 5.41) is 12.9. The molecule has 0 aliphatic rings. The van der Waals surface area contributed by atoms with E-state index in [9.17, 15) is 4.79 Å². The van der Waals surface area contributed by atoms with Gasteiger partial charge in [0.1, 0.15) is 0 Å². The maximum Gasteiger partial charge on any atom is 0.230 e. The number of nitrogens with one attached hydrogen (secondary N) is 1. The van der Waals surface area contributed by atoms with Gasteiger partial charge in [-0.05, 0) is 37.1 Å². The van der Waals surface area contributed by atoms with Gasteiger partial charge >= 0.3 is 0 Å². The lowest BCUT2D eigenvalue weighted by Gasteiger charge is -2.14. The van der Waals surface area contributed by atoms with Gasteiger partial charge in [0, 0.05) is 17.6 Å². The molecule has 5 nitrogen and oxygen atoms in total. The fourth-order valence-corrected chi connectivity index (χ4v) is 3.69. The van der Waals surface area contributed by atoms with E-state index in [4.69, 9.17) is 11.6 Å². The number of rotatable bonds is 6. The smallest absolute Gasteiger partial charge is 0.230 e. The van der Waals surface area contributed by atoms with Gasteiger partial charge in [-0.2, -0.15) is 0 Å². The van der Waals surface area contributed by atoms with E-state index in [2.05, 4.69) is 15.5 Å². The minimum atomic E-state index is -0.112. The van der Waals surface area contributed by atoms with Crippen LogP contribution in [-0.4, -0.2) is 26.4 Å². The minimum absolute atomic E-state index is 0.0621. The molecule has 140 valence electrons. The molecule has 2 aromatic carbocycles. The Morgan fingerprint density at radius 1 is 1.22 bits per heavy atom. The Hall–Kier alpha value is -2.31. The highest BCUT2D eigenvalue weighted by Gasteiger charge is 2.15. The normalized spacial score (nSPS) is 12.0. The van der Waals surface area contributed by atoms with Crippen LogP contribution < -0.4 is 5.32 Å². The lowest BCUT2D eigenvalue weighted by atomic mass is 10.1. The van der Waals surface area contributed by atoms with Gasteiger partial charge in [-0.25, -0.2) is 0 Å². The second-order valence-electron chi connectivity index (χ2n) is 6.31. The van der Waals surface area contributed by atoms with Crippen molar-refractivity contribution in [1.29, 1.82) is 0 Å². The van der Waals surface area contributed by atoms with E-state index < -0.39 is 0 Å². The molecule has 0 fully saturated rings. The molecular weight excluding hydrogens is 380 g/mol. The zero-order valence-electron chi connectivity index (χ0n) is 15.4. The quantitative estimate of drug-likeness (QED) is 0.622. The van der Waals surface area contributed by atoms with E-state index in [0.29, 0.717) is 10.2 Å². The van der Waals surface area contributed by atoms with Gasteiger partial charge in [0.05, 0.1) is 11.8 Å². The van der Waals surface area contributed by atoms with Crippen LogP contribution in [0, 0.1) is 6.92 Å². The van der Waals surface area contributed by atoms with Gasteiger partial charge in [0.25, 0.3) is 0 Å². The third kappa shape index (κ3) is 4.70. The van der Waals surface area contributed by atoms with Crippen molar-refractivity contribution in [3.63, 3.8) is 0 Å². The zero-order chi connectivity index (χ0) is 19.4. The molecule has 1 amide bonds. The molecule has 1 aromatic heterocycles. The molecule has 0 bridgehead atoms. The van der Waals surface area contributed by atoms with Crippen LogP contribution >= 0.6 is 23.4 Å². The van der Waals surface area contributed by atoms with Gasteiger partial charge in [0.15, 0.2) is 11.0 Å². The standard InChI is InChI=1S/C20H21ClN4OS/c1-13-7-4-5-10-17(13)19-23-24-20(25(19)3)27-12-18(26)22-14(2)15-8-6-9-16(21)11-15/h4-11,14H,12H2,1-3H3,(H,22,26)/t14-/m0/s1. The number of nitrogens with zero attached hydrogens (tertiary/aromatic N) is 3. The zero-order valence-corrected chi connectivity index (χ0v) is 17.0. The van der Waals surface area contributed by atoms with E-state index in [1.165, 1.54) is 11.8 Å². The second-order valence-corrected chi connectivity index (χ2v) is 7.69. The Morgan fingerprint density at radius 2 is 2.00 bits per heavy atom. The molecule has 27 heavy (non-hydrogen) atoms. The molecule has 7 heteroatoms. The van der Waals surface area contributed by atoms with Crippen LogP contribution in [0.1, 0.15) is 24.1 Å². The maximum atomic E-state index is 12.3. The Labute approximate surface area is 168 Å². The van der Waals surface area contributed by atoms with Crippen LogP contribution in [-0.2, 0) is 11.8 Å². The van der Waals surface area contributed by atoms with Crippen molar-refractivity contribution in [3.05, 3.63) is 64.7 Å². The Bertz CT molecular complexity index is 957.